The van der Waals surface area contributed by atoms with E-state index in [2.05, 4.69) is 0 Å². The first-order valence-electron chi connectivity index (χ1n) is 6.05. The van der Waals surface area contributed by atoms with Crippen LogP contribution in [-0.2, 0) is 6.54 Å². The summed E-state index contributed by atoms with van der Waals surface area (Å²) in [6.45, 7) is 4.90. The molecule has 0 aliphatic rings. The van der Waals surface area contributed by atoms with Crippen LogP contribution in [0.1, 0.15) is 25.8 Å². The van der Waals surface area contributed by atoms with E-state index in [9.17, 15) is 9.50 Å². The van der Waals surface area contributed by atoms with Gasteiger partial charge in [0.05, 0.1) is 12.7 Å². The number of ether oxygens (including phenoxy) is 1. The monoisotopic (exact) mass is 255 g/mol. The Kier molecular flexibility index (Phi) is 5.11. The van der Waals surface area contributed by atoms with Crippen LogP contribution in [0.3, 0.4) is 0 Å². The summed E-state index contributed by atoms with van der Waals surface area (Å²) in [6.07, 6.45) is 0.668. The lowest BCUT2D eigenvalue weighted by Gasteiger charge is -2.23. The fourth-order valence-electron chi connectivity index (χ4n) is 1.71. The summed E-state index contributed by atoms with van der Waals surface area (Å²) in [5.41, 5.74) is 0.135. The minimum absolute atomic E-state index is 0.262. The molecule has 0 unspecified atom stereocenters. The Morgan fingerprint density at radius 3 is 2.61 bits per heavy atom. The van der Waals surface area contributed by atoms with Crippen LogP contribution in [-0.4, -0.2) is 36.3 Å². The number of halogens is 1. The molecule has 0 amide bonds. The Hall–Kier alpha value is -1.13. The molecule has 0 aliphatic carbocycles. The third-order valence-electron chi connectivity index (χ3n) is 2.79. The van der Waals surface area contributed by atoms with Crippen molar-refractivity contribution in [1.29, 1.82) is 0 Å². The van der Waals surface area contributed by atoms with Gasteiger partial charge in [0.1, 0.15) is 11.6 Å². The molecule has 1 rings (SSSR count). The highest BCUT2D eigenvalue weighted by Crippen LogP contribution is 2.21. The standard InChI is InChI=1S/C14H22FNO2/c1-14(2,17)7-8-16(3)10-11-9-12(15)5-6-13(11)18-4/h5-6,9,17H,7-8,10H2,1-4H3. The molecule has 0 fully saturated rings. The first-order chi connectivity index (χ1) is 8.31. The van der Waals surface area contributed by atoms with Crippen LogP contribution < -0.4 is 4.74 Å². The molecule has 0 heterocycles. The lowest BCUT2D eigenvalue weighted by atomic mass is 10.1. The minimum Gasteiger partial charge on any atom is -0.496 e. The van der Waals surface area contributed by atoms with Gasteiger partial charge in [-0.2, -0.15) is 0 Å². The molecule has 1 aromatic rings. The molecule has 1 aromatic carbocycles. The highest BCUT2D eigenvalue weighted by atomic mass is 19.1. The topological polar surface area (TPSA) is 32.7 Å². The number of rotatable bonds is 6. The molecule has 1 N–H and O–H groups in total. The van der Waals surface area contributed by atoms with E-state index in [1.165, 1.54) is 12.1 Å². The SMILES string of the molecule is COc1ccc(F)cc1CN(C)CCC(C)(C)O. The number of aliphatic hydroxyl groups is 1. The molecule has 0 atom stereocenters. The van der Waals surface area contributed by atoms with Crippen molar-refractivity contribution >= 4 is 0 Å². The normalized spacial score (nSPS) is 11.9. The zero-order valence-corrected chi connectivity index (χ0v) is 11.5. The average Bonchev–Trinajstić information content (AvgIpc) is 2.26. The minimum atomic E-state index is -0.680. The third kappa shape index (κ3) is 5.02. The van der Waals surface area contributed by atoms with Crippen LogP contribution in [0.25, 0.3) is 0 Å². The summed E-state index contributed by atoms with van der Waals surface area (Å²) in [4.78, 5) is 2.04. The Morgan fingerprint density at radius 2 is 2.06 bits per heavy atom. The smallest absolute Gasteiger partial charge is 0.123 e. The molecule has 0 aliphatic heterocycles. The fraction of sp³-hybridized carbons (Fsp3) is 0.571. The van der Waals surface area contributed by atoms with E-state index in [0.29, 0.717) is 18.7 Å². The Labute approximate surface area is 108 Å². The number of methoxy groups -OCH3 is 1. The van der Waals surface area contributed by atoms with Crippen molar-refractivity contribution in [3.63, 3.8) is 0 Å². The molecular formula is C14H22FNO2. The predicted molar refractivity (Wildman–Crippen MR) is 70.2 cm³/mol. The van der Waals surface area contributed by atoms with Gasteiger partial charge in [0.15, 0.2) is 0 Å². The molecule has 0 bridgehead atoms. The molecule has 0 saturated carbocycles. The maximum atomic E-state index is 13.2. The Balaban J connectivity index is 2.63. The summed E-state index contributed by atoms with van der Waals surface area (Å²) in [5, 5.41) is 9.67. The summed E-state index contributed by atoms with van der Waals surface area (Å²) < 4.78 is 18.4. The third-order valence-corrected chi connectivity index (χ3v) is 2.79. The van der Waals surface area contributed by atoms with Crippen LogP contribution >= 0.6 is 0 Å². The molecule has 0 spiro atoms. The molecular weight excluding hydrogens is 233 g/mol. The van der Waals surface area contributed by atoms with Gasteiger partial charge < -0.3 is 14.7 Å². The van der Waals surface area contributed by atoms with E-state index in [4.69, 9.17) is 4.74 Å². The van der Waals surface area contributed by atoms with Gasteiger partial charge in [-0.1, -0.05) is 0 Å². The van der Waals surface area contributed by atoms with Crippen molar-refractivity contribution in [2.24, 2.45) is 0 Å². The van der Waals surface area contributed by atoms with Crippen molar-refractivity contribution in [3.05, 3.63) is 29.6 Å². The molecule has 18 heavy (non-hydrogen) atoms. The average molecular weight is 255 g/mol. The Morgan fingerprint density at radius 1 is 1.39 bits per heavy atom. The molecule has 102 valence electrons. The van der Waals surface area contributed by atoms with Crippen LogP contribution in [0, 0.1) is 5.82 Å². The molecule has 0 aromatic heterocycles. The van der Waals surface area contributed by atoms with Crippen molar-refractivity contribution in [2.45, 2.75) is 32.4 Å². The summed E-state index contributed by atoms with van der Waals surface area (Å²) in [6, 6.07) is 4.51. The Bertz CT molecular complexity index is 388. The van der Waals surface area contributed by atoms with Gasteiger partial charge in [-0.25, -0.2) is 4.39 Å². The molecule has 4 heteroatoms. The van der Waals surface area contributed by atoms with E-state index in [1.54, 1.807) is 27.0 Å². The van der Waals surface area contributed by atoms with Crippen LogP contribution in [0.4, 0.5) is 4.39 Å². The van der Waals surface area contributed by atoms with E-state index in [1.807, 2.05) is 11.9 Å². The van der Waals surface area contributed by atoms with E-state index in [0.717, 1.165) is 12.1 Å². The van der Waals surface area contributed by atoms with Crippen molar-refractivity contribution in [3.8, 4) is 5.75 Å². The van der Waals surface area contributed by atoms with Gasteiger partial charge in [0.2, 0.25) is 0 Å². The number of hydrogen-bond donors (Lipinski definition) is 1. The maximum absolute atomic E-state index is 13.2. The molecule has 3 nitrogen and oxygen atoms in total. The summed E-state index contributed by atoms with van der Waals surface area (Å²) >= 11 is 0. The van der Waals surface area contributed by atoms with E-state index in [-0.39, 0.29) is 5.82 Å². The second-order valence-electron chi connectivity index (χ2n) is 5.26. The summed E-state index contributed by atoms with van der Waals surface area (Å²) in [5.74, 6) is 0.424. The quantitative estimate of drug-likeness (QED) is 0.847. The molecule has 0 saturated heterocycles. The first-order valence-corrected chi connectivity index (χ1v) is 6.05. The van der Waals surface area contributed by atoms with Crippen LogP contribution in [0.15, 0.2) is 18.2 Å². The lowest BCUT2D eigenvalue weighted by Crippen LogP contribution is -2.28. The predicted octanol–water partition coefficient (Wildman–Crippen LogP) is 2.43. The van der Waals surface area contributed by atoms with Gasteiger partial charge in [0.25, 0.3) is 0 Å². The lowest BCUT2D eigenvalue weighted by molar-refractivity contribution is 0.0599. The van der Waals surface area contributed by atoms with Gasteiger partial charge in [-0.15, -0.1) is 0 Å². The number of benzene rings is 1. The van der Waals surface area contributed by atoms with Gasteiger partial charge in [-0.3, -0.25) is 0 Å². The first kappa shape index (κ1) is 14.9. The second-order valence-corrected chi connectivity index (χ2v) is 5.26. The maximum Gasteiger partial charge on any atom is 0.123 e. The van der Waals surface area contributed by atoms with Gasteiger partial charge in [0, 0.05) is 18.7 Å². The largest absolute Gasteiger partial charge is 0.496 e. The van der Waals surface area contributed by atoms with Gasteiger partial charge >= 0.3 is 0 Å². The number of hydrogen-bond acceptors (Lipinski definition) is 3. The molecule has 0 radical (unpaired) electrons. The zero-order valence-electron chi connectivity index (χ0n) is 11.5. The number of nitrogens with zero attached hydrogens (tertiary/aromatic N) is 1. The van der Waals surface area contributed by atoms with Gasteiger partial charge in [-0.05, 0) is 45.5 Å². The van der Waals surface area contributed by atoms with Crippen LogP contribution in [0.5, 0.6) is 5.75 Å². The second kappa shape index (κ2) is 6.16. The van der Waals surface area contributed by atoms with Crippen molar-refractivity contribution in [1.82, 2.24) is 4.90 Å². The highest BCUT2D eigenvalue weighted by molar-refractivity contribution is 5.33. The van der Waals surface area contributed by atoms with Crippen molar-refractivity contribution < 1.29 is 14.2 Å². The zero-order chi connectivity index (χ0) is 13.8. The van der Waals surface area contributed by atoms with E-state index >= 15 is 0 Å². The fourth-order valence-corrected chi connectivity index (χ4v) is 1.71. The highest BCUT2D eigenvalue weighted by Gasteiger charge is 2.14. The van der Waals surface area contributed by atoms with Crippen LogP contribution in [0.2, 0.25) is 0 Å². The van der Waals surface area contributed by atoms with E-state index < -0.39 is 5.60 Å². The van der Waals surface area contributed by atoms with Crippen molar-refractivity contribution in [2.75, 3.05) is 20.7 Å². The summed E-state index contributed by atoms with van der Waals surface area (Å²) in [7, 11) is 3.52.